The van der Waals surface area contributed by atoms with Crippen molar-refractivity contribution in [2.75, 3.05) is 26.2 Å². The number of nitrogens with one attached hydrogen (secondary N) is 1. The summed E-state index contributed by atoms with van der Waals surface area (Å²) in [7, 11) is 4.60. The Kier molecular flexibility index (Phi) is 6.23. The summed E-state index contributed by atoms with van der Waals surface area (Å²) in [5.41, 5.74) is 3.43. The number of pyridine rings is 1. The van der Waals surface area contributed by atoms with Crippen molar-refractivity contribution in [3.05, 3.63) is 76.6 Å². The molecule has 1 saturated heterocycles. The number of ketones is 1. The summed E-state index contributed by atoms with van der Waals surface area (Å²) in [6.45, 7) is 3.63. The van der Waals surface area contributed by atoms with Crippen LogP contribution in [0.3, 0.4) is 0 Å². The number of H-pyrrole nitrogens is 1. The molecule has 194 valence electrons. The molecule has 10 nitrogen and oxygen atoms in total. The molecule has 4 aromatic rings. The third-order valence-corrected chi connectivity index (χ3v) is 6.64. The predicted octanol–water partition coefficient (Wildman–Crippen LogP) is 4.23. The van der Waals surface area contributed by atoms with Gasteiger partial charge in [0.15, 0.2) is 11.5 Å². The molecule has 1 aliphatic heterocycles. The quantitative estimate of drug-likeness (QED) is 0.222. The maximum Gasteiger partial charge on any atom is 0.302 e. The molecule has 0 saturated carbocycles. The van der Waals surface area contributed by atoms with E-state index in [0.717, 1.165) is 5.56 Å². The first-order chi connectivity index (χ1) is 18.3. The fraction of sp³-hybridized carbons (Fsp3) is 0.214. The Labute approximate surface area is 218 Å². The summed E-state index contributed by atoms with van der Waals surface area (Å²) in [4.78, 5) is 40.1. The molecule has 5 rings (SSSR count). The zero-order valence-corrected chi connectivity index (χ0v) is 21.5. The van der Waals surface area contributed by atoms with Crippen LogP contribution in [-0.2, 0) is 9.59 Å². The van der Waals surface area contributed by atoms with Gasteiger partial charge in [-0.2, -0.15) is 0 Å². The van der Waals surface area contributed by atoms with Gasteiger partial charge in [-0.05, 0) is 48.7 Å². The van der Waals surface area contributed by atoms with Crippen LogP contribution in [0.25, 0.3) is 16.8 Å². The second-order valence-corrected chi connectivity index (χ2v) is 8.88. The van der Waals surface area contributed by atoms with Gasteiger partial charge in [0.25, 0.3) is 5.78 Å². The maximum atomic E-state index is 13.5. The number of carbonyl (C=O) groups excluding carboxylic acids is 2. The van der Waals surface area contributed by atoms with Gasteiger partial charge < -0.3 is 24.3 Å². The van der Waals surface area contributed by atoms with Crippen molar-refractivity contribution in [1.82, 2.24) is 15.0 Å². The minimum Gasteiger partial charge on any atom is -0.507 e. The Morgan fingerprint density at radius 1 is 0.974 bits per heavy atom. The highest BCUT2D eigenvalue weighted by molar-refractivity contribution is 6.51. The Bertz CT molecular complexity index is 1570. The van der Waals surface area contributed by atoms with Gasteiger partial charge in [0.05, 0.1) is 44.0 Å². The topological polar surface area (TPSA) is 127 Å². The van der Waals surface area contributed by atoms with Gasteiger partial charge in [0.2, 0.25) is 5.95 Å². The number of rotatable bonds is 6. The fourth-order valence-electron chi connectivity index (χ4n) is 4.75. The number of anilines is 1. The van der Waals surface area contributed by atoms with Gasteiger partial charge in [-0.3, -0.25) is 19.5 Å². The number of amides is 1. The van der Waals surface area contributed by atoms with Crippen LogP contribution in [0.2, 0.25) is 0 Å². The van der Waals surface area contributed by atoms with Gasteiger partial charge in [0.1, 0.15) is 11.5 Å². The molecule has 2 aromatic heterocycles. The monoisotopic (exact) mass is 514 g/mol. The summed E-state index contributed by atoms with van der Waals surface area (Å²) >= 11 is 0. The van der Waals surface area contributed by atoms with Crippen LogP contribution in [-0.4, -0.2) is 53.1 Å². The highest BCUT2D eigenvalue weighted by Crippen LogP contribution is 2.43. The molecule has 10 heteroatoms. The van der Waals surface area contributed by atoms with Crippen LogP contribution in [0, 0.1) is 13.8 Å². The van der Waals surface area contributed by atoms with E-state index in [1.54, 1.807) is 62.8 Å². The number of fused-ring (bicyclic) bond motifs is 1. The normalized spacial score (nSPS) is 16.8. The average Bonchev–Trinajstić information content (AvgIpc) is 3.46. The molecule has 1 atom stereocenters. The van der Waals surface area contributed by atoms with E-state index in [1.807, 2.05) is 6.92 Å². The summed E-state index contributed by atoms with van der Waals surface area (Å²) in [5.74, 6) is -0.228. The molecule has 3 heterocycles. The number of aliphatic hydroxyl groups is 1. The van der Waals surface area contributed by atoms with E-state index in [0.29, 0.717) is 45.0 Å². The predicted molar refractivity (Wildman–Crippen MR) is 141 cm³/mol. The second kappa shape index (κ2) is 9.55. The molecular formula is C28H26N4O6. The molecule has 1 fully saturated rings. The number of ether oxygens (including phenoxy) is 3. The molecule has 1 amide bonds. The number of methoxy groups -OCH3 is 3. The maximum absolute atomic E-state index is 13.5. The van der Waals surface area contributed by atoms with Crippen LogP contribution in [0.1, 0.15) is 28.3 Å². The van der Waals surface area contributed by atoms with Gasteiger partial charge in [0, 0.05) is 30.1 Å². The van der Waals surface area contributed by atoms with E-state index in [2.05, 4.69) is 15.0 Å². The third kappa shape index (κ3) is 3.90. The minimum atomic E-state index is -0.977. The lowest BCUT2D eigenvalue weighted by molar-refractivity contribution is -0.132. The van der Waals surface area contributed by atoms with E-state index in [9.17, 15) is 14.7 Å². The molecule has 1 aliphatic rings. The SMILES string of the molecule is COc1cc(C)c(/C(O)=C2\C(=O)C(=O)N(c3nc4cc(OC)c(OC)cc4[nH]3)C2c2cccnc2)cc1C. The van der Waals surface area contributed by atoms with Crippen LogP contribution >= 0.6 is 0 Å². The van der Waals surface area contributed by atoms with Crippen molar-refractivity contribution >= 4 is 34.4 Å². The lowest BCUT2D eigenvalue weighted by atomic mass is 9.94. The van der Waals surface area contributed by atoms with Crippen molar-refractivity contribution in [2.24, 2.45) is 0 Å². The first-order valence-electron chi connectivity index (χ1n) is 11.8. The number of imidazole rings is 1. The van der Waals surface area contributed by atoms with Crippen LogP contribution in [0.5, 0.6) is 17.2 Å². The molecule has 0 aliphatic carbocycles. The lowest BCUT2D eigenvalue weighted by Gasteiger charge is -2.23. The van der Waals surface area contributed by atoms with Crippen molar-refractivity contribution < 1.29 is 28.9 Å². The molecule has 2 aromatic carbocycles. The van der Waals surface area contributed by atoms with Crippen molar-refractivity contribution in [3.63, 3.8) is 0 Å². The number of Topliss-reactive ketones (excluding diaryl/α,β-unsaturated/α-hetero) is 1. The Balaban J connectivity index is 1.72. The molecule has 0 spiro atoms. The Morgan fingerprint density at radius 2 is 1.68 bits per heavy atom. The summed E-state index contributed by atoms with van der Waals surface area (Å²) in [5, 5.41) is 11.5. The molecule has 38 heavy (non-hydrogen) atoms. The van der Waals surface area contributed by atoms with Crippen molar-refractivity contribution in [1.29, 1.82) is 0 Å². The Hall–Kier alpha value is -4.86. The number of carbonyl (C=O) groups is 2. The zero-order valence-electron chi connectivity index (χ0n) is 21.5. The van der Waals surface area contributed by atoms with Gasteiger partial charge in [-0.25, -0.2) is 4.98 Å². The number of aryl methyl sites for hydroxylation is 2. The number of aliphatic hydroxyl groups excluding tert-OH is 1. The number of benzene rings is 2. The van der Waals surface area contributed by atoms with E-state index in [-0.39, 0.29) is 17.3 Å². The van der Waals surface area contributed by atoms with Crippen LogP contribution in [0.15, 0.2) is 54.4 Å². The van der Waals surface area contributed by atoms with Gasteiger partial charge in [-0.1, -0.05) is 6.07 Å². The van der Waals surface area contributed by atoms with Gasteiger partial charge >= 0.3 is 5.91 Å². The van der Waals surface area contributed by atoms with Crippen LogP contribution < -0.4 is 19.1 Å². The highest BCUT2D eigenvalue weighted by Gasteiger charge is 2.48. The third-order valence-electron chi connectivity index (χ3n) is 6.64. The largest absolute Gasteiger partial charge is 0.507 e. The number of hydrogen-bond donors (Lipinski definition) is 2. The Morgan fingerprint density at radius 3 is 2.34 bits per heavy atom. The average molecular weight is 515 g/mol. The van der Waals surface area contributed by atoms with E-state index in [4.69, 9.17) is 14.2 Å². The van der Waals surface area contributed by atoms with Crippen molar-refractivity contribution in [2.45, 2.75) is 19.9 Å². The summed E-state index contributed by atoms with van der Waals surface area (Å²) in [6.07, 6.45) is 3.14. The molecular weight excluding hydrogens is 488 g/mol. The number of nitrogens with zero attached hydrogens (tertiary/aromatic N) is 3. The minimum absolute atomic E-state index is 0.0636. The lowest BCUT2D eigenvalue weighted by Crippen LogP contribution is -2.30. The highest BCUT2D eigenvalue weighted by atomic mass is 16.5. The van der Waals surface area contributed by atoms with Crippen LogP contribution in [0.4, 0.5) is 5.95 Å². The second-order valence-electron chi connectivity index (χ2n) is 8.88. The first kappa shape index (κ1) is 24.8. The number of aromatic nitrogens is 3. The summed E-state index contributed by atoms with van der Waals surface area (Å²) in [6, 6.07) is 9.35. The smallest absolute Gasteiger partial charge is 0.302 e. The number of hydrogen-bond acceptors (Lipinski definition) is 8. The molecule has 0 bridgehead atoms. The van der Waals surface area contributed by atoms with E-state index in [1.165, 1.54) is 19.1 Å². The van der Waals surface area contributed by atoms with E-state index < -0.39 is 17.7 Å². The fourth-order valence-corrected chi connectivity index (χ4v) is 4.75. The van der Waals surface area contributed by atoms with Crippen molar-refractivity contribution in [3.8, 4) is 17.2 Å². The zero-order chi connectivity index (χ0) is 27.1. The molecule has 1 unspecified atom stereocenters. The molecule has 2 N–H and O–H groups in total. The van der Waals surface area contributed by atoms with Gasteiger partial charge in [-0.15, -0.1) is 0 Å². The van der Waals surface area contributed by atoms with E-state index >= 15 is 0 Å². The standard InChI is InChI=1S/C28H26N4O6/c1-14-10-20(36-3)15(2)9-17(14)25(33)23-24(16-7-6-8-29-13-16)32(27(35)26(23)34)28-30-18-11-21(37-4)22(38-5)12-19(18)31-28/h6-13,24,33H,1-5H3,(H,30,31)/b25-23+. The molecule has 0 radical (unpaired) electrons. The first-order valence-corrected chi connectivity index (χ1v) is 11.8. The number of aromatic amines is 1. The summed E-state index contributed by atoms with van der Waals surface area (Å²) < 4.78 is 16.1.